The molecule has 0 unspecified atom stereocenters. The Labute approximate surface area is 171 Å². The predicted molar refractivity (Wildman–Crippen MR) is 110 cm³/mol. The summed E-state index contributed by atoms with van der Waals surface area (Å²) in [6.07, 6.45) is 0.592. The van der Waals surface area contributed by atoms with E-state index in [0.29, 0.717) is 5.03 Å². The number of esters is 1. The van der Waals surface area contributed by atoms with Crippen molar-refractivity contribution in [1.29, 1.82) is 0 Å². The maximum absolute atomic E-state index is 12.6. The van der Waals surface area contributed by atoms with E-state index in [1.165, 1.54) is 18.7 Å². The Hall–Kier alpha value is -2.09. The van der Waals surface area contributed by atoms with Crippen molar-refractivity contribution in [1.82, 2.24) is 15.6 Å². The van der Waals surface area contributed by atoms with E-state index in [9.17, 15) is 14.4 Å². The summed E-state index contributed by atoms with van der Waals surface area (Å²) < 4.78 is 5.30. The number of nitrogens with zero attached hydrogens (tertiary/aromatic N) is 1. The molecule has 0 aliphatic rings. The molecule has 1 aromatic heterocycles. The number of aromatic nitrogens is 1. The fourth-order valence-electron chi connectivity index (χ4n) is 2.08. The van der Waals surface area contributed by atoms with Crippen LogP contribution in [-0.4, -0.2) is 45.2 Å². The molecule has 0 aromatic carbocycles. The van der Waals surface area contributed by atoms with Crippen molar-refractivity contribution < 1.29 is 19.1 Å². The van der Waals surface area contributed by atoms with Crippen LogP contribution < -0.4 is 10.6 Å². The van der Waals surface area contributed by atoms with E-state index in [1.54, 1.807) is 25.3 Å². The van der Waals surface area contributed by atoms with Gasteiger partial charge >= 0.3 is 5.97 Å². The first kappa shape index (κ1) is 23.9. The highest BCUT2D eigenvalue weighted by Crippen LogP contribution is 2.26. The van der Waals surface area contributed by atoms with Gasteiger partial charge in [0.2, 0.25) is 5.91 Å². The Balaban J connectivity index is 2.86. The fraction of sp³-hybridized carbons (Fsp3) is 0.600. The molecule has 1 aromatic rings. The van der Waals surface area contributed by atoms with Crippen LogP contribution in [-0.2, 0) is 14.3 Å². The van der Waals surface area contributed by atoms with Crippen molar-refractivity contribution in [2.45, 2.75) is 82.8 Å². The van der Waals surface area contributed by atoms with E-state index in [4.69, 9.17) is 4.74 Å². The lowest BCUT2D eigenvalue weighted by Crippen LogP contribution is -2.46. The van der Waals surface area contributed by atoms with Crippen molar-refractivity contribution in [3.05, 3.63) is 23.9 Å². The molecule has 0 saturated heterocycles. The average molecular weight is 410 g/mol. The fourth-order valence-corrected chi connectivity index (χ4v) is 2.98. The second kappa shape index (κ2) is 9.41. The lowest BCUT2D eigenvalue weighted by atomic mass is 10.1. The third kappa shape index (κ3) is 8.29. The standard InChI is InChI=1S/C20H31N3O4S/c1-12(15(24)22-19(3,4)5)27-18(26)14-10-9-11-21-17(14)28-13(2)16(25)23-20(6,7)8/h9-13H,1-8H3,(H,22,24)(H,23,25)/t12-,13-/m0/s1. The second-order valence-corrected chi connectivity index (χ2v) is 9.97. The number of nitrogens with one attached hydrogen (secondary N) is 2. The molecule has 0 aliphatic carbocycles. The zero-order valence-electron chi connectivity index (χ0n) is 17.9. The molecule has 2 N–H and O–H groups in total. The van der Waals surface area contributed by atoms with Gasteiger partial charge in [-0.2, -0.15) is 0 Å². The highest BCUT2D eigenvalue weighted by Gasteiger charge is 2.26. The van der Waals surface area contributed by atoms with Crippen LogP contribution in [0.3, 0.4) is 0 Å². The number of thioether (sulfide) groups is 1. The highest BCUT2D eigenvalue weighted by molar-refractivity contribution is 8.00. The van der Waals surface area contributed by atoms with E-state index in [-0.39, 0.29) is 22.9 Å². The van der Waals surface area contributed by atoms with Gasteiger partial charge in [-0.3, -0.25) is 9.59 Å². The molecule has 8 heteroatoms. The number of ether oxygens (including phenoxy) is 1. The summed E-state index contributed by atoms with van der Waals surface area (Å²) in [5, 5.41) is 5.60. The maximum Gasteiger partial charge on any atom is 0.341 e. The van der Waals surface area contributed by atoms with E-state index in [0.717, 1.165) is 0 Å². The minimum Gasteiger partial charge on any atom is -0.449 e. The van der Waals surface area contributed by atoms with Gasteiger partial charge in [-0.25, -0.2) is 9.78 Å². The first-order valence-corrected chi connectivity index (χ1v) is 10.0. The smallest absolute Gasteiger partial charge is 0.341 e. The van der Waals surface area contributed by atoms with E-state index < -0.39 is 22.9 Å². The minimum atomic E-state index is -0.952. The summed E-state index contributed by atoms with van der Waals surface area (Å²) in [7, 11) is 0. The molecule has 0 aliphatic heterocycles. The monoisotopic (exact) mass is 409 g/mol. The third-order valence-electron chi connectivity index (χ3n) is 3.30. The van der Waals surface area contributed by atoms with E-state index in [1.807, 2.05) is 41.5 Å². The summed E-state index contributed by atoms with van der Waals surface area (Å²) in [6, 6.07) is 3.18. The van der Waals surface area contributed by atoms with Crippen LogP contribution in [0.2, 0.25) is 0 Å². The van der Waals surface area contributed by atoms with Gasteiger partial charge in [0.1, 0.15) is 5.03 Å². The minimum absolute atomic E-state index is 0.152. The number of rotatable bonds is 6. The molecule has 0 radical (unpaired) electrons. The molecule has 0 fully saturated rings. The summed E-state index contributed by atoms with van der Waals surface area (Å²) >= 11 is 1.17. The predicted octanol–water partition coefficient (Wildman–Crippen LogP) is 2.94. The number of hydrogen-bond donors (Lipinski definition) is 2. The molecule has 7 nitrogen and oxygen atoms in total. The zero-order valence-corrected chi connectivity index (χ0v) is 18.7. The molecular formula is C20H31N3O4S. The molecule has 156 valence electrons. The largest absolute Gasteiger partial charge is 0.449 e. The maximum atomic E-state index is 12.6. The molecule has 2 amide bonds. The van der Waals surface area contributed by atoms with Crippen LogP contribution >= 0.6 is 11.8 Å². The first-order chi connectivity index (χ1) is 12.7. The summed E-state index contributed by atoms with van der Waals surface area (Å²) in [4.78, 5) is 41.2. The SMILES string of the molecule is C[C@H](OC(=O)c1cccnc1S[C@@H](C)C(=O)NC(C)(C)C)C(=O)NC(C)(C)C. The first-order valence-electron chi connectivity index (χ1n) is 9.16. The molecular weight excluding hydrogens is 378 g/mol. The van der Waals surface area contributed by atoms with Gasteiger partial charge in [-0.1, -0.05) is 11.8 Å². The third-order valence-corrected chi connectivity index (χ3v) is 4.41. The van der Waals surface area contributed by atoms with E-state index >= 15 is 0 Å². The van der Waals surface area contributed by atoms with Crippen LogP contribution in [0.15, 0.2) is 23.4 Å². The number of hydrogen-bond acceptors (Lipinski definition) is 6. The number of pyridine rings is 1. The Morgan fingerprint density at radius 1 is 1.00 bits per heavy atom. The Kier molecular flexibility index (Phi) is 8.05. The van der Waals surface area contributed by atoms with Gasteiger partial charge in [0, 0.05) is 17.3 Å². The van der Waals surface area contributed by atoms with Crippen LogP contribution in [0.25, 0.3) is 0 Å². The molecule has 1 heterocycles. The Bertz CT molecular complexity index is 723. The lowest BCUT2D eigenvalue weighted by Gasteiger charge is -2.24. The molecule has 1 rings (SSSR count). The van der Waals surface area contributed by atoms with Gasteiger partial charge < -0.3 is 15.4 Å². The zero-order chi connectivity index (χ0) is 21.7. The molecule has 28 heavy (non-hydrogen) atoms. The normalized spacial score (nSPS) is 14.0. The quantitative estimate of drug-likeness (QED) is 0.554. The van der Waals surface area contributed by atoms with Crippen molar-refractivity contribution in [3.8, 4) is 0 Å². The van der Waals surface area contributed by atoms with Crippen molar-refractivity contribution >= 4 is 29.5 Å². The highest BCUT2D eigenvalue weighted by atomic mass is 32.2. The van der Waals surface area contributed by atoms with Crippen LogP contribution in [0.5, 0.6) is 0 Å². The van der Waals surface area contributed by atoms with Gasteiger partial charge in [-0.05, 0) is 67.5 Å². The molecule has 2 atom stereocenters. The van der Waals surface area contributed by atoms with Crippen LogP contribution in [0.4, 0.5) is 0 Å². The van der Waals surface area contributed by atoms with Crippen molar-refractivity contribution in [2.24, 2.45) is 0 Å². The number of carbonyl (C=O) groups excluding carboxylic acids is 3. The molecule has 0 bridgehead atoms. The Morgan fingerprint density at radius 2 is 1.54 bits per heavy atom. The number of amides is 2. The molecule has 0 saturated carbocycles. The summed E-state index contributed by atoms with van der Waals surface area (Å²) in [6.45, 7) is 14.5. The van der Waals surface area contributed by atoms with Gasteiger partial charge in [0.05, 0.1) is 10.8 Å². The Morgan fingerprint density at radius 3 is 2.07 bits per heavy atom. The topological polar surface area (TPSA) is 97.4 Å². The summed E-state index contributed by atoms with van der Waals surface area (Å²) in [5.74, 6) is -1.19. The second-order valence-electron chi connectivity index (χ2n) is 8.64. The van der Waals surface area contributed by atoms with Crippen LogP contribution in [0.1, 0.15) is 65.7 Å². The van der Waals surface area contributed by atoms with Crippen LogP contribution in [0, 0.1) is 0 Å². The van der Waals surface area contributed by atoms with Crippen molar-refractivity contribution in [2.75, 3.05) is 0 Å². The summed E-state index contributed by atoms with van der Waals surface area (Å²) in [5.41, 5.74) is -0.561. The average Bonchev–Trinajstić information content (AvgIpc) is 2.51. The lowest BCUT2D eigenvalue weighted by molar-refractivity contribution is -0.130. The van der Waals surface area contributed by atoms with Crippen molar-refractivity contribution in [3.63, 3.8) is 0 Å². The van der Waals surface area contributed by atoms with Gasteiger partial charge in [0.15, 0.2) is 6.10 Å². The van der Waals surface area contributed by atoms with Gasteiger partial charge in [0.25, 0.3) is 5.91 Å². The number of carbonyl (C=O) groups is 3. The van der Waals surface area contributed by atoms with E-state index in [2.05, 4.69) is 15.6 Å². The molecule has 0 spiro atoms. The van der Waals surface area contributed by atoms with Gasteiger partial charge in [-0.15, -0.1) is 0 Å².